The van der Waals surface area contributed by atoms with Crippen molar-refractivity contribution in [3.05, 3.63) is 51.4 Å². The number of imide groups is 1. The quantitative estimate of drug-likeness (QED) is 0.693. The van der Waals surface area contributed by atoms with Crippen molar-refractivity contribution in [2.24, 2.45) is 0 Å². The van der Waals surface area contributed by atoms with E-state index in [2.05, 4.69) is 10.6 Å². The molecule has 1 aromatic heterocycles. The monoisotopic (exact) mass is 418 g/mol. The minimum Gasteiger partial charge on any atom is -0.462 e. The van der Waals surface area contributed by atoms with E-state index in [-0.39, 0.29) is 28.7 Å². The molecule has 8 nitrogen and oxygen atoms in total. The molecule has 0 saturated heterocycles. The van der Waals surface area contributed by atoms with Crippen molar-refractivity contribution in [3.63, 3.8) is 0 Å². The van der Waals surface area contributed by atoms with Crippen LogP contribution in [-0.2, 0) is 9.47 Å². The van der Waals surface area contributed by atoms with Crippen LogP contribution in [0.4, 0.5) is 9.80 Å². The van der Waals surface area contributed by atoms with Crippen molar-refractivity contribution in [1.29, 1.82) is 0 Å². The highest BCUT2D eigenvalue weighted by atomic mass is 32.1. The first-order chi connectivity index (χ1) is 13.8. The van der Waals surface area contributed by atoms with Gasteiger partial charge in [-0.3, -0.25) is 14.9 Å². The van der Waals surface area contributed by atoms with Crippen molar-refractivity contribution < 1.29 is 28.7 Å². The molecular formula is C20H22N2O6S. The van der Waals surface area contributed by atoms with E-state index in [9.17, 15) is 19.2 Å². The summed E-state index contributed by atoms with van der Waals surface area (Å²) in [7, 11) is 0. The van der Waals surface area contributed by atoms with Gasteiger partial charge in [0.1, 0.15) is 9.88 Å². The molecule has 0 aliphatic carbocycles. The van der Waals surface area contributed by atoms with E-state index in [4.69, 9.17) is 9.47 Å². The summed E-state index contributed by atoms with van der Waals surface area (Å²) in [6.45, 7) is 6.85. The Hall–Kier alpha value is -3.20. The van der Waals surface area contributed by atoms with Gasteiger partial charge >= 0.3 is 12.1 Å². The zero-order chi connectivity index (χ0) is 21.6. The second-order valence-corrected chi connectivity index (χ2v) is 6.95. The Labute approximate surface area is 172 Å². The standard InChI is InChI=1S/C20H22N2O6S/c1-5-27-19(25)15-12(4)14(17(24)22-20(26)28-6-2)18(29-15)21-16(23)13-10-8-7-9-11(13)3/h7-10H,5-6H2,1-4H3,(H,21,23)(H,22,24,26). The number of thiophene rings is 1. The number of amides is 3. The Morgan fingerprint density at radius 1 is 0.966 bits per heavy atom. The summed E-state index contributed by atoms with van der Waals surface area (Å²) in [5.74, 6) is -1.84. The van der Waals surface area contributed by atoms with E-state index in [1.807, 2.05) is 0 Å². The van der Waals surface area contributed by atoms with Gasteiger partial charge in [0.05, 0.1) is 18.8 Å². The van der Waals surface area contributed by atoms with Crippen molar-refractivity contribution in [3.8, 4) is 0 Å². The first-order valence-electron chi connectivity index (χ1n) is 8.95. The van der Waals surface area contributed by atoms with Crippen LogP contribution < -0.4 is 10.6 Å². The molecule has 0 fully saturated rings. The zero-order valence-corrected chi connectivity index (χ0v) is 17.4. The first-order valence-corrected chi connectivity index (χ1v) is 9.77. The fourth-order valence-electron chi connectivity index (χ4n) is 2.59. The predicted molar refractivity (Wildman–Crippen MR) is 109 cm³/mol. The fourth-order valence-corrected chi connectivity index (χ4v) is 3.68. The van der Waals surface area contributed by atoms with Gasteiger partial charge in [0.2, 0.25) is 0 Å². The van der Waals surface area contributed by atoms with Crippen molar-refractivity contribution >= 4 is 40.2 Å². The van der Waals surface area contributed by atoms with E-state index in [1.54, 1.807) is 52.0 Å². The van der Waals surface area contributed by atoms with Crippen LogP contribution in [-0.4, -0.2) is 37.1 Å². The van der Waals surface area contributed by atoms with E-state index >= 15 is 0 Å². The molecule has 0 atom stereocenters. The molecule has 0 bridgehead atoms. The smallest absolute Gasteiger partial charge is 0.414 e. The normalized spacial score (nSPS) is 10.2. The summed E-state index contributed by atoms with van der Waals surface area (Å²) in [6.07, 6.45) is -0.919. The molecule has 0 spiro atoms. The number of carbonyl (C=O) groups excluding carboxylic acids is 4. The van der Waals surface area contributed by atoms with Gasteiger partial charge in [-0.25, -0.2) is 9.59 Å². The van der Waals surface area contributed by atoms with Crippen LogP contribution in [0.25, 0.3) is 0 Å². The molecule has 0 aliphatic rings. The molecule has 154 valence electrons. The third-order valence-corrected chi connectivity index (χ3v) is 5.13. The molecule has 0 radical (unpaired) electrons. The number of nitrogens with one attached hydrogen (secondary N) is 2. The topological polar surface area (TPSA) is 111 Å². The van der Waals surface area contributed by atoms with Crippen LogP contribution in [0.2, 0.25) is 0 Å². The Morgan fingerprint density at radius 3 is 2.24 bits per heavy atom. The molecule has 2 aromatic rings. The number of carbonyl (C=O) groups is 4. The van der Waals surface area contributed by atoms with Gasteiger partial charge in [-0.05, 0) is 44.9 Å². The van der Waals surface area contributed by atoms with E-state index in [0.29, 0.717) is 11.1 Å². The second kappa shape index (κ2) is 9.83. The maximum absolute atomic E-state index is 12.7. The van der Waals surface area contributed by atoms with Gasteiger partial charge in [-0.2, -0.15) is 0 Å². The lowest BCUT2D eigenvalue weighted by molar-refractivity contribution is 0.0531. The SMILES string of the molecule is CCOC(=O)NC(=O)c1c(NC(=O)c2ccccc2C)sc(C(=O)OCC)c1C. The molecule has 0 unspecified atom stereocenters. The number of ether oxygens (including phenoxy) is 2. The van der Waals surface area contributed by atoms with E-state index in [0.717, 1.165) is 16.9 Å². The number of esters is 1. The molecule has 0 aliphatic heterocycles. The average molecular weight is 418 g/mol. The molecule has 0 saturated carbocycles. The second-order valence-electron chi connectivity index (χ2n) is 5.92. The Bertz CT molecular complexity index is 950. The number of alkyl carbamates (subject to hydrolysis) is 1. The fraction of sp³-hybridized carbons (Fsp3) is 0.300. The van der Waals surface area contributed by atoms with Crippen LogP contribution >= 0.6 is 11.3 Å². The number of hydrogen-bond donors (Lipinski definition) is 2. The number of rotatable bonds is 6. The van der Waals surface area contributed by atoms with Gasteiger partial charge in [-0.15, -0.1) is 11.3 Å². The van der Waals surface area contributed by atoms with Crippen LogP contribution in [0.5, 0.6) is 0 Å². The van der Waals surface area contributed by atoms with Gasteiger partial charge in [-0.1, -0.05) is 18.2 Å². The van der Waals surface area contributed by atoms with Gasteiger partial charge in [0.15, 0.2) is 0 Å². The van der Waals surface area contributed by atoms with Crippen molar-refractivity contribution in [1.82, 2.24) is 5.32 Å². The summed E-state index contributed by atoms with van der Waals surface area (Å²) in [5.41, 5.74) is 1.48. The predicted octanol–water partition coefficient (Wildman–Crippen LogP) is 3.68. The highest BCUT2D eigenvalue weighted by Crippen LogP contribution is 2.34. The molecule has 1 aromatic carbocycles. The summed E-state index contributed by atoms with van der Waals surface area (Å²) < 4.78 is 9.75. The number of aryl methyl sites for hydroxylation is 1. The van der Waals surface area contributed by atoms with Crippen LogP contribution in [0.3, 0.4) is 0 Å². The number of hydrogen-bond acceptors (Lipinski definition) is 7. The van der Waals surface area contributed by atoms with E-state index < -0.39 is 23.9 Å². The minimum absolute atomic E-state index is 0.00744. The lowest BCUT2D eigenvalue weighted by Crippen LogP contribution is -2.32. The molecule has 2 N–H and O–H groups in total. The maximum Gasteiger partial charge on any atom is 0.414 e. The molecule has 3 amide bonds. The minimum atomic E-state index is -0.919. The van der Waals surface area contributed by atoms with Crippen LogP contribution in [0.15, 0.2) is 24.3 Å². The largest absolute Gasteiger partial charge is 0.462 e. The first kappa shape index (κ1) is 22.1. The highest BCUT2D eigenvalue weighted by molar-refractivity contribution is 7.18. The molecule has 1 heterocycles. The van der Waals surface area contributed by atoms with Crippen LogP contribution in [0, 0.1) is 13.8 Å². The Balaban J connectivity index is 2.43. The number of benzene rings is 1. The van der Waals surface area contributed by atoms with Gasteiger partial charge in [0.25, 0.3) is 11.8 Å². The Morgan fingerprint density at radius 2 is 1.62 bits per heavy atom. The third-order valence-electron chi connectivity index (χ3n) is 3.94. The summed E-state index contributed by atoms with van der Waals surface area (Å²) >= 11 is 0.912. The molecular weight excluding hydrogens is 396 g/mol. The van der Waals surface area contributed by atoms with E-state index in [1.165, 1.54) is 0 Å². The molecule has 29 heavy (non-hydrogen) atoms. The Kier molecular flexibility index (Phi) is 7.49. The van der Waals surface area contributed by atoms with Crippen molar-refractivity contribution in [2.75, 3.05) is 18.5 Å². The maximum atomic E-state index is 12.7. The lowest BCUT2D eigenvalue weighted by atomic mass is 10.1. The van der Waals surface area contributed by atoms with Crippen LogP contribution in [0.1, 0.15) is 55.4 Å². The zero-order valence-electron chi connectivity index (χ0n) is 16.6. The lowest BCUT2D eigenvalue weighted by Gasteiger charge is -2.09. The average Bonchev–Trinajstić information content (AvgIpc) is 2.98. The summed E-state index contributed by atoms with van der Waals surface area (Å²) in [4.78, 5) is 49.4. The third kappa shape index (κ3) is 5.20. The molecule has 9 heteroatoms. The number of anilines is 1. The van der Waals surface area contributed by atoms with Gasteiger partial charge < -0.3 is 14.8 Å². The highest BCUT2D eigenvalue weighted by Gasteiger charge is 2.28. The summed E-state index contributed by atoms with van der Waals surface area (Å²) in [6, 6.07) is 6.96. The molecule has 2 rings (SSSR count). The summed E-state index contributed by atoms with van der Waals surface area (Å²) in [5, 5.41) is 4.90. The van der Waals surface area contributed by atoms with Crippen molar-refractivity contribution in [2.45, 2.75) is 27.7 Å². The van der Waals surface area contributed by atoms with Gasteiger partial charge in [0, 0.05) is 5.56 Å².